The van der Waals surface area contributed by atoms with Crippen molar-refractivity contribution in [3.63, 3.8) is 0 Å². The zero-order valence-corrected chi connectivity index (χ0v) is 16.5. The van der Waals surface area contributed by atoms with E-state index in [-0.39, 0.29) is 12.5 Å². The predicted molar refractivity (Wildman–Crippen MR) is 105 cm³/mol. The van der Waals surface area contributed by atoms with Gasteiger partial charge < -0.3 is 19.6 Å². The molecule has 1 amide bonds. The molecule has 1 N–H and O–H groups in total. The minimum Gasteiger partial charge on any atom is -0.492 e. The zero-order valence-electron chi connectivity index (χ0n) is 14.9. The second kappa shape index (κ2) is 9.82. The lowest BCUT2D eigenvalue weighted by atomic mass is 10.2. The molecule has 0 atom stereocenters. The maximum Gasteiger partial charge on any atom is 0.265 e. The Hall–Kier alpha value is -2.54. The maximum atomic E-state index is 11.8. The topological polar surface area (TPSA) is 69.2 Å². The Labute approximate surface area is 161 Å². The van der Waals surface area contributed by atoms with E-state index in [9.17, 15) is 4.79 Å². The largest absolute Gasteiger partial charge is 0.492 e. The number of nitrogens with one attached hydrogen (secondary N) is 1. The first kappa shape index (κ1) is 19.8. The van der Waals surface area contributed by atoms with E-state index in [0.29, 0.717) is 23.8 Å². The highest BCUT2D eigenvalue weighted by Gasteiger charge is 2.10. The van der Waals surface area contributed by atoms with Crippen LogP contribution < -0.4 is 14.8 Å². The molecule has 26 heavy (non-hydrogen) atoms. The van der Waals surface area contributed by atoms with Gasteiger partial charge in [-0.25, -0.2) is 0 Å². The predicted octanol–water partition coefficient (Wildman–Crippen LogP) is 4.15. The molecule has 2 aromatic rings. The van der Waals surface area contributed by atoms with Crippen LogP contribution in [0.3, 0.4) is 0 Å². The summed E-state index contributed by atoms with van der Waals surface area (Å²) in [6.07, 6.45) is 1.51. The summed E-state index contributed by atoms with van der Waals surface area (Å²) in [6.45, 7) is 4.21. The Kier molecular flexibility index (Phi) is 7.47. The van der Waals surface area contributed by atoms with Crippen molar-refractivity contribution >= 4 is 33.7 Å². The normalized spacial score (nSPS) is 10.6. The van der Waals surface area contributed by atoms with Crippen LogP contribution in [0.5, 0.6) is 11.5 Å². The first-order valence-electron chi connectivity index (χ1n) is 8.05. The first-order valence-corrected chi connectivity index (χ1v) is 8.85. The molecule has 0 spiro atoms. The number of halogens is 1. The van der Waals surface area contributed by atoms with Crippen LogP contribution in [0.15, 0.2) is 46.0 Å². The number of hydrogen-bond acceptors (Lipinski definition) is 5. The molecule has 0 unspecified atom stereocenters. The number of carbonyl (C=O) groups is 1. The second-order valence-corrected chi connectivity index (χ2v) is 6.24. The lowest BCUT2D eigenvalue weighted by Crippen LogP contribution is -2.16. The standard InChI is InChI=1S/C19H21BrN2O4/c1-4-25-17-10-14(9-16(20)19(17)24-3)11-21-26-12-18(23)22-15-7-5-13(2)6-8-15/h5-11H,4,12H2,1-3H3,(H,22,23)/b21-11+. The van der Waals surface area contributed by atoms with E-state index < -0.39 is 0 Å². The summed E-state index contributed by atoms with van der Waals surface area (Å²) in [6, 6.07) is 11.1. The molecule has 6 nitrogen and oxygen atoms in total. The lowest BCUT2D eigenvalue weighted by Gasteiger charge is -2.11. The number of ether oxygens (including phenoxy) is 2. The third-order valence-corrected chi connectivity index (χ3v) is 3.93. The van der Waals surface area contributed by atoms with Gasteiger partial charge in [0.1, 0.15) is 0 Å². The minimum absolute atomic E-state index is 0.181. The van der Waals surface area contributed by atoms with Crippen LogP contribution in [0.25, 0.3) is 0 Å². The molecule has 0 saturated heterocycles. The van der Waals surface area contributed by atoms with E-state index in [2.05, 4.69) is 26.4 Å². The summed E-state index contributed by atoms with van der Waals surface area (Å²) < 4.78 is 11.6. The minimum atomic E-state index is -0.281. The third-order valence-electron chi connectivity index (χ3n) is 3.34. The van der Waals surface area contributed by atoms with Gasteiger partial charge in [0.2, 0.25) is 0 Å². The number of nitrogens with zero attached hydrogens (tertiary/aromatic N) is 1. The van der Waals surface area contributed by atoms with Gasteiger partial charge in [0.05, 0.1) is 24.4 Å². The van der Waals surface area contributed by atoms with Crippen LogP contribution in [0.2, 0.25) is 0 Å². The Balaban J connectivity index is 1.91. The van der Waals surface area contributed by atoms with Crippen LogP contribution in [-0.2, 0) is 9.63 Å². The number of carbonyl (C=O) groups excluding carboxylic acids is 1. The Morgan fingerprint density at radius 1 is 1.27 bits per heavy atom. The van der Waals surface area contributed by atoms with Gasteiger partial charge >= 0.3 is 0 Å². The fourth-order valence-corrected chi connectivity index (χ4v) is 2.77. The molecule has 0 aromatic heterocycles. The van der Waals surface area contributed by atoms with Crippen molar-refractivity contribution in [1.82, 2.24) is 0 Å². The number of oxime groups is 1. The molecule has 0 aliphatic carbocycles. The average molecular weight is 421 g/mol. The first-order chi connectivity index (χ1) is 12.5. The fourth-order valence-electron chi connectivity index (χ4n) is 2.15. The van der Waals surface area contributed by atoms with Gasteiger partial charge in [-0.2, -0.15) is 0 Å². The van der Waals surface area contributed by atoms with Gasteiger partial charge in [-0.15, -0.1) is 0 Å². The number of hydrogen-bond donors (Lipinski definition) is 1. The van der Waals surface area contributed by atoms with E-state index >= 15 is 0 Å². The van der Waals surface area contributed by atoms with Crippen molar-refractivity contribution < 1.29 is 19.1 Å². The van der Waals surface area contributed by atoms with Gasteiger partial charge in [-0.05, 0) is 54.0 Å². The van der Waals surface area contributed by atoms with Gasteiger partial charge in [0, 0.05) is 11.3 Å². The monoisotopic (exact) mass is 420 g/mol. The Morgan fingerprint density at radius 2 is 2.00 bits per heavy atom. The maximum absolute atomic E-state index is 11.8. The molecule has 0 fully saturated rings. The molecule has 0 aliphatic rings. The summed E-state index contributed by atoms with van der Waals surface area (Å²) in [7, 11) is 1.58. The van der Waals surface area contributed by atoms with Crippen LogP contribution in [0.4, 0.5) is 5.69 Å². The van der Waals surface area contributed by atoms with Crippen LogP contribution in [-0.4, -0.2) is 32.4 Å². The highest BCUT2D eigenvalue weighted by molar-refractivity contribution is 9.10. The number of aryl methyl sites for hydroxylation is 1. The average Bonchev–Trinajstić information content (AvgIpc) is 2.61. The molecule has 0 saturated carbocycles. The second-order valence-electron chi connectivity index (χ2n) is 5.39. The van der Waals surface area contributed by atoms with Crippen LogP contribution >= 0.6 is 15.9 Å². The molecule has 2 rings (SSSR count). The molecule has 0 bridgehead atoms. The summed E-state index contributed by atoms with van der Waals surface area (Å²) in [4.78, 5) is 16.9. The van der Waals surface area contributed by atoms with Crippen molar-refractivity contribution in [2.24, 2.45) is 5.16 Å². The van der Waals surface area contributed by atoms with Gasteiger partial charge in [0.25, 0.3) is 5.91 Å². The summed E-state index contributed by atoms with van der Waals surface area (Å²) in [5.74, 6) is 0.933. The smallest absolute Gasteiger partial charge is 0.265 e. The van der Waals surface area contributed by atoms with E-state index in [4.69, 9.17) is 14.3 Å². The molecule has 0 heterocycles. The molecule has 0 radical (unpaired) electrons. The van der Waals surface area contributed by atoms with Crippen molar-refractivity contribution in [3.05, 3.63) is 52.0 Å². The van der Waals surface area contributed by atoms with Crippen LogP contribution in [0, 0.1) is 6.92 Å². The molecular weight excluding hydrogens is 400 g/mol. The van der Waals surface area contributed by atoms with Gasteiger partial charge in [-0.3, -0.25) is 4.79 Å². The van der Waals surface area contributed by atoms with E-state index in [1.54, 1.807) is 13.2 Å². The van der Waals surface area contributed by atoms with E-state index in [1.807, 2.05) is 44.2 Å². The van der Waals surface area contributed by atoms with Crippen molar-refractivity contribution in [3.8, 4) is 11.5 Å². The van der Waals surface area contributed by atoms with Gasteiger partial charge in [0.15, 0.2) is 18.1 Å². The zero-order chi connectivity index (χ0) is 18.9. The number of rotatable bonds is 8. The van der Waals surface area contributed by atoms with Gasteiger partial charge in [-0.1, -0.05) is 22.9 Å². The van der Waals surface area contributed by atoms with Crippen molar-refractivity contribution in [2.75, 3.05) is 25.6 Å². The fraction of sp³-hybridized carbons (Fsp3) is 0.263. The number of amides is 1. The Bertz CT molecular complexity index is 776. The van der Waals surface area contributed by atoms with E-state index in [1.165, 1.54) is 6.21 Å². The molecule has 0 aliphatic heterocycles. The van der Waals surface area contributed by atoms with Crippen molar-refractivity contribution in [2.45, 2.75) is 13.8 Å². The number of benzene rings is 2. The highest BCUT2D eigenvalue weighted by Crippen LogP contribution is 2.36. The number of methoxy groups -OCH3 is 1. The third kappa shape index (κ3) is 5.77. The summed E-state index contributed by atoms with van der Waals surface area (Å²) in [5, 5.41) is 6.57. The number of anilines is 1. The molecule has 138 valence electrons. The molecular formula is C19H21BrN2O4. The highest BCUT2D eigenvalue weighted by atomic mass is 79.9. The quantitative estimate of drug-likeness (QED) is 0.514. The molecule has 7 heteroatoms. The van der Waals surface area contributed by atoms with Crippen LogP contribution in [0.1, 0.15) is 18.1 Å². The molecule has 2 aromatic carbocycles. The summed E-state index contributed by atoms with van der Waals surface area (Å²) in [5.41, 5.74) is 2.59. The SMILES string of the molecule is CCOc1cc(/C=N/OCC(=O)Nc2ccc(C)cc2)cc(Br)c1OC. The summed E-state index contributed by atoms with van der Waals surface area (Å²) >= 11 is 3.43. The lowest BCUT2D eigenvalue weighted by molar-refractivity contribution is -0.120. The van der Waals surface area contributed by atoms with E-state index in [0.717, 1.165) is 15.6 Å². The van der Waals surface area contributed by atoms with Crippen molar-refractivity contribution in [1.29, 1.82) is 0 Å². The Morgan fingerprint density at radius 3 is 2.65 bits per heavy atom.